The molecule has 0 aliphatic heterocycles. The lowest BCUT2D eigenvalue weighted by Crippen LogP contribution is -2.16. The minimum Gasteiger partial charge on any atom is -0.310 e. The maximum atomic E-state index is 2.43. The van der Waals surface area contributed by atoms with Gasteiger partial charge < -0.3 is 4.90 Å². The Morgan fingerprint density at radius 2 is 0.724 bits per heavy atom. The summed E-state index contributed by atoms with van der Waals surface area (Å²) in [5.74, 6) is 0. The summed E-state index contributed by atoms with van der Waals surface area (Å²) in [5.41, 5.74) is 20.6. The second-order valence-corrected chi connectivity index (χ2v) is 15.7. The van der Waals surface area contributed by atoms with Crippen molar-refractivity contribution in [2.24, 2.45) is 0 Å². The predicted octanol–water partition coefficient (Wildman–Crippen LogP) is 15.8. The average Bonchev–Trinajstić information content (AvgIpc) is 3.52. The van der Waals surface area contributed by atoms with E-state index in [1.165, 1.54) is 72.3 Å². The van der Waals surface area contributed by atoms with Gasteiger partial charge in [-0.15, -0.1) is 0 Å². The molecule has 0 bridgehead atoms. The summed E-state index contributed by atoms with van der Waals surface area (Å²) in [7, 11) is 0. The zero-order valence-electron chi connectivity index (χ0n) is 32.8. The normalized spacial score (nSPS) is 12.4. The summed E-state index contributed by atoms with van der Waals surface area (Å²) < 4.78 is 0. The third-order valence-corrected chi connectivity index (χ3v) is 11.9. The number of fused-ring (bicyclic) bond motifs is 3. The number of hydrogen-bond donors (Lipinski definition) is 0. The molecule has 0 atom stereocenters. The van der Waals surface area contributed by atoms with Crippen LogP contribution in [0.2, 0.25) is 0 Å². The molecule has 276 valence electrons. The fourth-order valence-corrected chi connectivity index (χ4v) is 9.04. The first-order valence-corrected chi connectivity index (χ1v) is 20.2. The van der Waals surface area contributed by atoms with Crippen LogP contribution >= 0.6 is 0 Å². The Balaban J connectivity index is 1.16. The van der Waals surface area contributed by atoms with Crippen LogP contribution in [-0.4, -0.2) is 0 Å². The van der Waals surface area contributed by atoms with Crippen molar-refractivity contribution >= 4 is 17.1 Å². The molecule has 0 N–H and O–H groups in total. The van der Waals surface area contributed by atoms with Gasteiger partial charge in [-0.25, -0.2) is 0 Å². The lowest BCUT2D eigenvalue weighted by Gasteiger charge is -2.29. The van der Waals surface area contributed by atoms with Crippen molar-refractivity contribution in [1.82, 2.24) is 0 Å². The summed E-state index contributed by atoms with van der Waals surface area (Å²) in [5, 5.41) is 0. The molecule has 0 saturated carbocycles. The molecule has 0 radical (unpaired) electrons. The fraction of sp³-hybridized carbons (Fsp3) is 0.0526. The predicted molar refractivity (Wildman–Crippen MR) is 246 cm³/mol. The van der Waals surface area contributed by atoms with Crippen LogP contribution in [0, 0.1) is 0 Å². The van der Waals surface area contributed by atoms with Crippen molar-refractivity contribution in [2.75, 3.05) is 4.90 Å². The molecule has 0 amide bonds. The van der Waals surface area contributed by atoms with Gasteiger partial charge in [-0.3, -0.25) is 0 Å². The lowest BCUT2D eigenvalue weighted by atomic mass is 9.82. The molecule has 0 aromatic heterocycles. The highest BCUT2D eigenvalue weighted by Gasteiger charge is 2.35. The lowest BCUT2D eigenvalue weighted by molar-refractivity contribution is 0.660. The van der Waals surface area contributed by atoms with Crippen LogP contribution in [0.25, 0.3) is 66.8 Å². The van der Waals surface area contributed by atoms with Gasteiger partial charge in [0.2, 0.25) is 0 Å². The molecule has 10 rings (SSSR count). The second-order valence-electron chi connectivity index (χ2n) is 15.7. The third kappa shape index (κ3) is 6.22. The van der Waals surface area contributed by atoms with E-state index in [1.807, 2.05) is 0 Å². The van der Waals surface area contributed by atoms with Crippen molar-refractivity contribution in [3.63, 3.8) is 0 Å². The first kappa shape index (κ1) is 35.2. The Labute approximate surface area is 342 Å². The van der Waals surface area contributed by atoms with Gasteiger partial charge in [0.1, 0.15) is 0 Å². The first-order chi connectivity index (χ1) is 28.5. The van der Waals surface area contributed by atoms with Gasteiger partial charge in [0.25, 0.3) is 0 Å². The molecule has 0 unspecified atom stereocenters. The molecular weight excluding hydrogens is 699 g/mol. The number of rotatable bonds is 8. The molecule has 58 heavy (non-hydrogen) atoms. The van der Waals surface area contributed by atoms with Crippen LogP contribution in [0.15, 0.2) is 224 Å². The highest BCUT2D eigenvalue weighted by atomic mass is 15.1. The molecule has 0 spiro atoms. The molecular formula is C57H43N. The monoisotopic (exact) mass is 741 g/mol. The number of hydrogen-bond acceptors (Lipinski definition) is 1. The maximum Gasteiger partial charge on any atom is 0.0467 e. The van der Waals surface area contributed by atoms with Crippen LogP contribution in [0.5, 0.6) is 0 Å². The smallest absolute Gasteiger partial charge is 0.0467 e. The van der Waals surface area contributed by atoms with E-state index in [0.29, 0.717) is 0 Å². The first-order valence-electron chi connectivity index (χ1n) is 20.2. The Morgan fingerprint density at radius 3 is 1.41 bits per heavy atom. The molecule has 0 heterocycles. The minimum atomic E-state index is -0.119. The van der Waals surface area contributed by atoms with Crippen molar-refractivity contribution in [2.45, 2.75) is 19.3 Å². The van der Waals surface area contributed by atoms with Gasteiger partial charge in [0.05, 0.1) is 0 Å². The van der Waals surface area contributed by atoms with Crippen molar-refractivity contribution in [1.29, 1.82) is 0 Å². The van der Waals surface area contributed by atoms with Gasteiger partial charge in [-0.1, -0.05) is 202 Å². The standard InChI is InChI=1S/C57H43N/c1-57(2)54-31-15-14-27-51(54)52-37-36-47(39-55(52)57)58(45-34-32-41(33-35-45)40-18-6-3-7-19-40)46-25-16-24-44(38-46)50-30-17-29-49(43-22-10-5-11-23-43)56(50)53-28-13-12-26-48(53)42-20-8-4-9-21-42/h3-39H,1-2H3. The van der Waals surface area contributed by atoms with Crippen molar-refractivity contribution < 1.29 is 0 Å². The van der Waals surface area contributed by atoms with Crippen LogP contribution in [0.3, 0.4) is 0 Å². The zero-order valence-corrected chi connectivity index (χ0v) is 32.8. The van der Waals surface area contributed by atoms with Crippen LogP contribution in [0.4, 0.5) is 17.1 Å². The van der Waals surface area contributed by atoms with E-state index in [4.69, 9.17) is 0 Å². The van der Waals surface area contributed by atoms with Crippen molar-refractivity contribution in [3.05, 3.63) is 236 Å². The Bertz CT molecular complexity index is 2890. The van der Waals surface area contributed by atoms with Gasteiger partial charge in [0.15, 0.2) is 0 Å². The third-order valence-electron chi connectivity index (χ3n) is 11.9. The molecule has 9 aromatic carbocycles. The molecule has 0 saturated heterocycles. The molecule has 1 aliphatic rings. The van der Waals surface area contributed by atoms with E-state index in [1.54, 1.807) is 0 Å². The molecule has 1 aliphatic carbocycles. The molecule has 1 heteroatoms. The number of benzene rings is 9. The van der Waals surface area contributed by atoms with E-state index in [2.05, 4.69) is 243 Å². The summed E-state index contributed by atoms with van der Waals surface area (Å²) >= 11 is 0. The van der Waals surface area contributed by atoms with Crippen molar-refractivity contribution in [3.8, 4) is 66.8 Å². The summed E-state index contributed by atoms with van der Waals surface area (Å²) in [6.45, 7) is 4.71. The van der Waals surface area contributed by atoms with E-state index in [9.17, 15) is 0 Å². The van der Waals surface area contributed by atoms with Gasteiger partial charge in [0, 0.05) is 22.5 Å². The summed E-state index contributed by atoms with van der Waals surface area (Å²) in [6.07, 6.45) is 0. The Morgan fingerprint density at radius 1 is 0.276 bits per heavy atom. The Hall–Kier alpha value is -7.22. The van der Waals surface area contributed by atoms with Gasteiger partial charge in [-0.05, 0) is 114 Å². The average molecular weight is 742 g/mol. The highest BCUT2D eigenvalue weighted by Crippen LogP contribution is 2.51. The van der Waals surface area contributed by atoms with Crippen LogP contribution in [-0.2, 0) is 5.41 Å². The molecule has 0 fully saturated rings. The highest BCUT2D eigenvalue weighted by molar-refractivity contribution is 6.00. The van der Waals surface area contributed by atoms with Crippen LogP contribution in [0.1, 0.15) is 25.0 Å². The Kier molecular flexibility index (Phi) is 8.92. The van der Waals surface area contributed by atoms with E-state index >= 15 is 0 Å². The molecule has 1 nitrogen and oxygen atoms in total. The topological polar surface area (TPSA) is 3.24 Å². The van der Waals surface area contributed by atoms with Gasteiger partial charge in [-0.2, -0.15) is 0 Å². The SMILES string of the molecule is CC1(C)c2ccccc2-c2ccc(N(c3ccc(-c4ccccc4)cc3)c3cccc(-c4cccc(-c5ccccc5)c4-c4ccccc4-c4ccccc4)c3)cc21. The summed E-state index contributed by atoms with van der Waals surface area (Å²) in [4.78, 5) is 2.43. The largest absolute Gasteiger partial charge is 0.310 e. The fourth-order valence-electron chi connectivity index (χ4n) is 9.04. The minimum absolute atomic E-state index is 0.119. The number of anilines is 3. The maximum absolute atomic E-state index is 2.43. The summed E-state index contributed by atoms with van der Waals surface area (Å²) in [6, 6.07) is 81.8. The second kappa shape index (κ2) is 14.7. The van der Waals surface area contributed by atoms with E-state index in [-0.39, 0.29) is 5.41 Å². The van der Waals surface area contributed by atoms with E-state index < -0.39 is 0 Å². The van der Waals surface area contributed by atoms with Gasteiger partial charge >= 0.3 is 0 Å². The van der Waals surface area contributed by atoms with Crippen LogP contribution < -0.4 is 4.90 Å². The number of nitrogens with zero attached hydrogens (tertiary/aromatic N) is 1. The van der Waals surface area contributed by atoms with E-state index in [0.717, 1.165) is 22.6 Å². The quantitative estimate of drug-likeness (QED) is 0.150. The molecule has 9 aromatic rings. The zero-order chi connectivity index (χ0) is 39.1.